The summed E-state index contributed by atoms with van der Waals surface area (Å²) in [6.45, 7) is 24.9. The molecule has 1 unspecified atom stereocenters. The van der Waals surface area contributed by atoms with Gasteiger partial charge in [0.1, 0.15) is 11.9 Å². The quantitative estimate of drug-likeness (QED) is 0.257. The molecule has 232 valence electrons. The molecule has 0 amide bonds. The van der Waals surface area contributed by atoms with Crippen LogP contribution >= 0.6 is 0 Å². The molecule has 2 aromatic rings. The van der Waals surface area contributed by atoms with Crippen molar-refractivity contribution in [3.05, 3.63) is 63.2 Å². The molecule has 6 nitrogen and oxygen atoms in total. The Bertz CT molecular complexity index is 1180. The van der Waals surface area contributed by atoms with Gasteiger partial charge in [-0.05, 0) is 43.9 Å². The highest BCUT2D eigenvalue weighted by molar-refractivity contribution is 5.52. The standard InChI is InChI=1S/C35H58N2O4/c1-31(2,3)24-13-22(17-36)28(26(15-24)33(7,8)9)30(35(19-38,20-39)21-40)41-29-23(18-37)14-25(32(4,5)6)16-27(29)34(10,11)12/h13-16,30,38-40H,17-21,36-37H2,1-12H3. The minimum Gasteiger partial charge on any atom is -0.484 e. The summed E-state index contributed by atoms with van der Waals surface area (Å²) in [4.78, 5) is 0. The molecule has 0 saturated carbocycles. The Hall–Kier alpha value is -1.96. The highest BCUT2D eigenvalue weighted by atomic mass is 16.5. The van der Waals surface area contributed by atoms with Crippen molar-refractivity contribution < 1.29 is 20.1 Å². The number of nitrogens with two attached hydrogens (primary N) is 2. The first kappa shape index (κ1) is 35.2. The van der Waals surface area contributed by atoms with Crippen molar-refractivity contribution in [2.45, 2.75) is 124 Å². The Kier molecular flexibility index (Phi) is 10.6. The summed E-state index contributed by atoms with van der Waals surface area (Å²) in [6, 6.07) is 8.58. The lowest BCUT2D eigenvalue weighted by Crippen LogP contribution is -2.44. The Labute approximate surface area is 249 Å². The van der Waals surface area contributed by atoms with Gasteiger partial charge in [0, 0.05) is 29.8 Å². The molecule has 0 aliphatic carbocycles. The van der Waals surface area contributed by atoms with E-state index in [1.165, 1.54) is 0 Å². The SMILES string of the molecule is CC(C)(C)c1cc(CN)c(OC(c2c(CN)cc(C(C)(C)C)cc2C(C)(C)C)C(CO)(CO)CO)c(C(C)(C)C)c1. The highest BCUT2D eigenvalue weighted by Crippen LogP contribution is 2.48. The molecular weight excluding hydrogens is 512 g/mol. The molecule has 2 rings (SSSR count). The van der Waals surface area contributed by atoms with Crippen molar-refractivity contribution in [1.82, 2.24) is 0 Å². The molecule has 0 saturated heterocycles. The Balaban J connectivity index is 3.13. The van der Waals surface area contributed by atoms with E-state index in [9.17, 15) is 15.3 Å². The van der Waals surface area contributed by atoms with Crippen LogP contribution in [0.3, 0.4) is 0 Å². The van der Waals surface area contributed by atoms with E-state index < -0.39 is 31.3 Å². The third-order valence-electron chi connectivity index (χ3n) is 8.22. The Morgan fingerprint density at radius 2 is 0.976 bits per heavy atom. The number of hydrogen-bond donors (Lipinski definition) is 5. The van der Waals surface area contributed by atoms with Crippen molar-refractivity contribution in [2.24, 2.45) is 16.9 Å². The Morgan fingerprint density at radius 1 is 0.585 bits per heavy atom. The first-order chi connectivity index (χ1) is 18.6. The largest absolute Gasteiger partial charge is 0.484 e. The minimum atomic E-state index is -1.39. The zero-order valence-corrected chi connectivity index (χ0v) is 27.8. The van der Waals surface area contributed by atoms with E-state index in [1.54, 1.807) is 0 Å². The molecule has 0 heterocycles. The third kappa shape index (κ3) is 7.52. The molecule has 0 spiro atoms. The van der Waals surface area contributed by atoms with Crippen molar-refractivity contribution in [3.8, 4) is 5.75 Å². The van der Waals surface area contributed by atoms with Gasteiger partial charge in [0.05, 0.1) is 25.2 Å². The number of aliphatic hydroxyl groups excluding tert-OH is 3. The van der Waals surface area contributed by atoms with Crippen molar-refractivity contribution >= 4 is 0 Å². The van der Waals surface area contributed by atoms with Crippen LogP contribution in [0.15, 0.2) is 24.3 Å². The van der Waals surface area contributed by atoms with Gasteiger partial charge in [0.25, 0.3) is 0 Å². The topological polar surface area (TPSA) is 122 Å². The number of ether oxygens (including phenoxy) is 1. The van der Waals surface area contributed by atoms with Gasteiger partial charge in [-0.3, -0.25) is 0 Å². The summed E-state index contributed by atoms with van der Waals surface area (Å²) in [6.07, 6.45) is -0.906. The normalized spacial score (nSPS) is 14.4. The van der Waals surface area contributed by atoms with E-state index in [0.29, 0.717) is 5.75 Å². The van der Waals surface area contributed by atoms with E-state index >= 15 is 0 Å². The molecular formula is C35H58N2O4. The van der Waals surface area contributed by atoms with Gasteiger partial charge in [0.15, 0.2) is 0 Å². The molecule has 2 aromatic carbocycles. The summed E-state index contributed by atoms with van der Waals surface area (Å²) < 4.78 is 7.07. The van der Waals surface area contributed by atoms with E-state index in [4.69, 9.17) is 16.2 Å². The maximum absolute atomic E-state index is 10.8. The second kappa shape index (κ2) is 12.3. The summed E-state index contributed by atoms with van der Waals surface area (Å²) in [7, 11) is 0. The first-order valence-corrected chi connectivity index (χ1v) is 14.9. The van der Waals surface area contributed by atoms with E-state index in [0.717, 1.165) is 38.9 Å². The van der Waals surface area contributed by atoms with Gasteiger partial charge >= 0.3 is 0 Å². The fourth-order valence-electron chi connectivity index (χ4n) is 5.22. The predicted octanol–water partition coefficient (Wildman–Crippen LogP) is 5.88. The Morgan fingerprint density at radius 3 is 1.32 bits per heavy atom. The molecule has 1 atom stereocenters. The molecule has 41 heavy (non-hydrogen) atoms. The summed E-state index contributed by atoms with van der Waals surface area (Å²) >= 11 is 0. The van der Waals surface area contributed by atoms with Crippen LogP contribution < -0.4 is 16.2 Å². The lowest BCUT2D eigenvalue weighted by atomic mass is 9.71. The molecule has 0 radical (unpaired) electrons. The maximum Gasteiger partial charge on any atom is 0.137 e. The smallest absolute Gasteiger partial charge is 0.137 e. The van der Waals surface area contributed by atoms with Crippen LogP contribution in [-0.4, -0.2) is 35.1 Å². The van der Waals surface area contributed by atoms with Gasteiger partial charge in [0.2, 0.25) is 0 Å². The number of benzene rings is 2. The average molecular weight is 571 g/mol. The third-order valence-corrected chi connectivity index (χ3v) is 8.22. The lowest BCUT2D eigenvalue weighted by molar-refractivity contribution is -0.0757. The lowest BCUT2D eigenvalue weighted by Gasteiger charge is -2.42. The summed E-state index contributed by atoms with van der Waals surface area (Å²) in [5.41, 5.74) is 17.3. The maximum atomic E-state index is 10.8. The van der Waals surface area contributed by atoms with Crippen LogP contribution in [0.4, 0.5) is 0 Å². The van der Waals surface area contributed by atoms with Crippen molar-refractivity contribution in [2.75, 3.05) is 19.8 Å². The molecule has 0 aliphatic heterocycles. The molecule has 0 aromatic heterocycles. The van der Waals surface area contributed by atoms with Crippen molar-refractivity contribution in [3.63, 3.8) is 0 Å². The molecule has 0 fully saturated rings. The number of hydrogen-bond acceptors (Lipinski definition) is 6. The van der Waals surface area contributed by atoms with Crippen molar-refractivity contribution in [1.29, 1.82) is 0 Å². The molecule has 6 heteroatoms. The van der Waals surface area contributed by atoms with E-state index in [2.05, 4.69) is 107 Å². The number of rotatable bonds is 9. The van der Waals surface area contributed by atoms with Crippen LogP contribution in [0.1, 0.15) is 128 Å². The minimum absolute atomic E-state index is 0.109. The van der Waals surface area contributed by atoms with Crippen LogP contribution in [0.2, 0.25) is 0 Å². The van der Waals surface area contributed by atoms with Crippen LogP contribution in [0, 0.1) is 5.41 Å². The van der Waals surface area contributed by atoms with Crippen LogP contribution in [-0.2, 0) is 34.7 Å². The average Bonchev–Trinajstić information content (AvgIpc) is 2.85. The zero-order chi connectivity index (χ0) is 31.8. The number of aliphatic hydroxyl groups is 3. The van der Waals surface area contributed by atoms with Gasteiger partial charge in [-0.2, -0.15) is 0 Å². The second-order valence-electron chi connectivity index (χ2n) is 15.9. The molecule has 7 N–H and O–H groups in total. The molecule has 0 aliphatic rings. The fraction of sp³-hybridized carbons (Fsp3) is 0.657. The zero-order valence-electron chi connectivity index (χ0n) is 27.8. The fourth-order valence-corrected chi connectivity index (χ4v) is 5.22. The van der Waals surface area contributed by atoms with Crippen LogP contribution in [0.5, 0.6) is 5.75 Å². The van der Waals surface area contributed by atoms with Gasteiger partial charge in [-0.1, -0.05) is 107 Å². The van der Waals surface area contributed by atoms with Crippen LogP contribution in [0.25, 0.3) is 0 Å². The summed E-state index contributed by atoms with van der Waals surface area (Å²) in [5.74, 6) is 0.625. The monoisotopic (exact) mass is 570 g/mol. The first-order valence-electron chi connectivity index (χ1n) is 14.9. The molecule has 0 bridgehead atoms. The van der Waals surface area contributed by atoms with E-state index in [1.807, 2.05) is 0 Å². The van der Waals surface area contributed by atoms with Gasteiger partial charge in [-0.15, -0.1) is 0 Å². The van der Waals surface area contributed by atoms with Gasteiger partial charge < -0.3 is 31.5 Å². The summed E-state index contributed by atoms with van der Waals surface area (Å²) in [5, 5.41) is 32.3. The van der Waals surface area contributed by atoms with Gasteiger partial charge in [-0.25, -0.2) is 0 Å². The predicted molar refractivity (Wildman–Crippen MR) is 171 cm³/mol. The highest BCUT2D eigenvalue weighted by Gasteiger charge is 2.45. The van der Waals surface area contributed by atoms with E-state index in [-0.39, 0.29) is 34.7 Å². The second-order valence-corrected chi connectivity index (χ2v) is 15.9.